The van der Waals surface area contributed by atoms with Gasteiger partial charge >= 0.3 is 0 Å². The van der Waals surface area contributed by atoms with Crippen molar-refractivity contribution in [2.75, 3.05) is 0 Å². The third kappa shape index (κ3) is 5.80. The van der Waals surface area contributed by atoms with Crippen LogP contribution >= 0.6 is 0 Å². The fourth-order valence-corrected chi connectivity index (χ4v) is 1.58. The molecule has 0 bridgehead atoms. The molecule has 0 aliphatic rings. The Labute approximate surface area is 102 Å². The first kappa shape index (κ1) is 16.6. The maximum Gasteiger partial charge on any atom is 0.00868 e. The maximum atomic E-state index is 11.1. The fourth-order valence-electron chi connectivity index (χ4n) is 1.58. The van der Waals surface area contributed by atoms with Gasteiger partial charge in [0.2, 0.25) is 0 Å². The van der Waals surface area contributed by atoms with Gasteiger partial charge in [0.1, 0.15) is 0 Å². The third-order valence-corrected chi connectivity index (χ3v) is 1.76. The predicted octanol–water partition coefficient (Wildman–Crippen LogP) is 2.63. The molecule has 0 atom stereocenters. The molecule has 0 spiro atoms. The molecule has 0 rings (SSSR count). The zero-order valence-corrected chi connectivity index (χ0v) is 13.0. The molecule has 0 aliphatic carbocycles. The van der Waals surface area contributed by atoms with Crippen molar-refractivity contribution in [3.05, 3.63) is 6.54 Å². The molecule has 0 aliphatic heterocycles. The molecule has 0 saturated carbocycles. The Kier molecular flexibility index (Phi) is 6.28. The van der Waals surface area contributed by atoms with Crippen LogP contribution in [0.15, 0.2) is 0 Å². The van der Waals surface area contributed by atoms with Crippen molar-refractivity contribution in [1.29, 1.82) is 0 Å². The van der Waals surface area contributed by atoms with Gasteiger partial charge in [-0.1, -0.05) is 0 Å². The van der Waals surface area contributed by atoms with E-state index in [2.05, 4.69) is 46.4 Å². The summed E-state index contributed by atoms with van der Waals surface area (Å²) in [6.45, 7) is 15.9. The predicted molar refractivity (Wildman–Crippen MR) is 56.3 cm³/mol. The van der Waals surface area contributed by atoms with Crippen LogP contribution in [0.25, 0.3) is 0 Å². The number of carbonyl (C=O) groups is 1. The maximum absolute atomic E-state index is 11.1. The van der Waals surface area contributed by atoms with Gasteiger partial charge in [0.05, 0.1) is 0 Å². The number of Topliss-reactive ketones (excluding diaryl/α,β-unsaturated/α-hetero) is 1. The standard InChI is InChI=1S/C11H22NO.Re/c1-9(13)8-12(10(2,3)4)11(5,6)7;/h8H,1-7H3;/q-1;. The van der Waals surface area contributed by atoms with Crippen LogP contribution in [-0.2, 0) is 25.2 Å². The van der Waals surface area contributed by atoms with E-state index in [4.69, 9.17) is 0 Å². The summed E-state index contributed by atoms with van der Waals surface area (Å²) in [4.78, 5) is 13.1. The van der Waals surface area contributed by atoms with E-state index >= 15 is 0 Å². The molecule has 85 valence electrons. The molecule has 14 heavy (non-hydrogen) atoms. The van der Waals surface area contributed by atoms with Crippen molar-refractivity contribution in [1.82, 2.24) is 4.90 Å². The van der Waals surface area contributed by atoms with E-state index in [1.54, 1.807) is 13.5 Å². The van der Waals surface area contributed by atoms with Crippen molar-refractivity contribution in [3.8, 4) is 0 Å². The molecule has 0 unspecified atom stereocenters. The summed E-state index contributed by atoms with van der Waals surface area (Å²) >= 11 is 0. The zero-order chi connectivity index (χ0) is 10.9. The van der Waals surface area contributed by atoms with Gasteiger partial charge in [-0.15, -0.1) is 0 Å². The number of hydrogen-bond acceptors (Lipinski definition) is 2. The van der Waals surface area contributed by atoms with E-state index in [-0.39, 0.29) is 37.3 Å². The molecular formula is C11H22NORe-. The normalized spacial score (nSPS) is 12.3. The summed E-state index contributed by atoms with van der Waals surface area (Å²) < 4.78 is 0. The molecule has 0 fully saturated rings. The first-order valence-corrected chi connectivity index (χ1v) is 4.70. The van der Waals surface area contributed by atoms with Crippen molar-refractivity contribution in [2.45, 2.75) is 59.5 Å². The van der Waals surface area contributed by atoms with Gasteiger partial charge in [-0.2, -0.15) is 0 Å². The van der Waals surface area contributed by atoms with E-state index in [1.165, 1.54) is 0 Å². The topological polar surface area (TPSA) is 20.3 Å². The Bertz CT molecular complexity index is 174. The summed E-state index contributed by atoms with van der Waals surface area (Å²) in [6, 6.07) is 0. The first-order chi connectivity index (χ1) is 5.55. The molecule has 0 aromatic heterocycles. The van der Waals surface area contributed by atoms with Gasteiger partial charge in [0.25, 0.3) is 0 Å². The van der Waals surface area contributed by atoms with E-state index in [0.29, 0.717) is 0 Å². The largest absolute Gasteiger partial charge is 0.425 e. The van der Waals surface area contributed by atoms with Gasteiger partial charge in [0, 0.05) is 26.2 Å². The number of nitrogens with zero attached hydrogens (tertiary/aromatic N) is 1. The van der Waals surface area contributed by atoms with Gasteiger partial charge in [0.15, 0.2) is 0 Å². The van der Waals surface area contributed by atoms with Crippen LogP contribution in [0.3, 0.4) is 0 Å². The Balaban J connectivity index is 0. The van der Waals surface area contributed by atoms with Crippen molar-refractivity contribution < 1.29 is 25.2 Å². The molecule has 0 heterocycles. The second-order valence-corrected chi connectivity index (χ2v) is 5.45. The van der Waals surface area contributed by atoms with E-state index in [9.17, 15) is 4.79 Å². The van der Waals surface area contributed by atoms with Crippen molar-refractivity contribution >= 4 is 5.78 Å². The van der Waals surface area contributed by atoms with Crippen LogP contribution in [0, 0.1) is 6.54 Å². The Morgan fingerprint density at radius 3 is 1.36 bits per heavy atom. The Morgan fingerprint density at radius 1 is 1.00 bits per heavy atom. The average Bonchev–Trinajstić information content (AvgIpc) is 1.77. The van der Waals surface area contributed by atoms with Crippen LogP contribution in [0.1, 0.15) is 48.5 Å². The van der Waals surface area contributed by atoms with Gasteiger partial charge in [-0.25, -0.2) is 0 Å². The summed E-state index contributed by atoms with van der Waals surface area (Å²) in [6.07, 6.45) is 0. The minimum atomic E-state index is -0.0100. The number of carbonyl (C=O) groups excluding carboxylic acids is 1. The van der Waals surface area contributed by atoms with Crippen LogP contribution in [0.2, 0.25) is 0 Å². The van der Waals surface area contributed by atoms with Crippen LogP contribution < -0.4 is 0 Å². The summed E-state index contributed by atoms with van der Waals surface area (Å²) in [5, 5.41) is 0. The van der Waals surface area contributed by atoms with E-state index < -0.39 is 0 Å². The molecule has 0 saturated heterocycles. The van der Waals surface area contributed by atoms with Gasteiger partial charge < -0.3 is 9.69 Å². The summed E-state index contributed by atoms with van der Waals surface area (Å²) in [5.41, 5.74) is -0.0200. The summed E-state index contributed by atoms with van der Waals surface area (Å²) in [5.74, 6) is 0.102. The SMILES string of the molecule is CC(=O)[CH-]N(C(C)(C)C)C(C)(C)C.[Re]. The van der Waals surface area contributed by atoms with Crippen LogP contribution in [0.4, 0.5) is 0 Å². The minimum absolute atomic E-state index is 0. The zero-order valence-electron chi connectivity index (χ0n) is 10.3. The smallest absolute Gasteiger partial charge is 0.00868 e. The molecule has 1 radical (unpaired) electrons. The van der Waals surface area contributed by atoms with Crippen molar-refractivity contribution in [3.63, 3.8) is 0 Å². The first-order valence-electron chi connectivity index (χ1n) is 4.70. The van der Waals surface area contributed by atoms with E-state index in [0.717, 1.165) is 0 Å². The molecule has 0 aromatic carbocycles. The van der Waals surface area contributed by atoms with Crippen molar-refractivity contribution in [2.24, 2.45) is 0 Å². The molecule has 2 nitrogen and oxygen atoms in total. The Hall–Kier alpha value is 0.162. The van der Waals surface area contributed by atoms with Gasteiger partial charge in [-0.3, -0.25) is 6.54 Å². The average molecular weight is 371 g/mol. The number of hydrogen-bond donors (Lipinski definition) is 0. The van der Waals surface area contributed by atoms with Gasteiger partial charge in [-0.05, 0) is 59.5 Å². The second-order valence-electron chi connectivity index (χ2n) is 5.45. The second kappa shape index (κ2) is 5.30. The summed E-state index contributed by atoms with van der Waals surface area (Å²) in [7, 11) is 0. The monoisotopic (exact) mass is 371 g/mol. The number of ketones is 1. The third-order valence-electron chi connectivity index (χ3n) is 1.76. The number of rotatable bonds is 2. The fraction of sp³-hybridized carbons (Fsp3) is 0.818. The molecule has 0 N–H and O–H groups in total. The minimum Gasteiger partial charge on any atom is -0.425 e. The molecule has 0 amide bonds. The quantitative estimate of drug-likeness (QED) is 0.697. The molecular weight excluding hydrogens is 348 g/mol. The van der Waals surface area contributed by atoms with Crippen LogP contribution in [-0.4, -0.2) is 21.8 Å². The molecule has 0 aromatic rings. The molecule has 3 heteroatoms. The Morgan fingerprint density at radius 2 is 1.29 bits per heavy atom. The van der Waals surface area contributed by atoms with E-state index in [1.807, 2.05) is 0 Å². The van der Waals surface area contributed by atoms with Crippen LogP contribution in [0.5, 0.6) is 0 Å².